The maximum absolute atomic E-state index is 12.7. The molecule has 0 amide bonds. The van der Waals surface area contributed by atoms with Crippen molar-refractivity contribution in [3.8, 4) is 0 Å². The van der Waals surface area contributed by atoms with E-state index in [9.17, 15) is 19.0 Å². The second-order valence-corrected chi connectivity index (χ2v) is 17.4. The summed E-state index contributed by atoms with van der Waals surface area (Å²) >= 11 is 0. The standard InChI is InChI=1S/C50H90NO8P/c1-4-6-8-10-12-14-16-18-20-22-24-26-28-30-32-34-36-38-40-42-49(52)56-46-48(47-58-60(54,55)57-45-44-51-3)59-50(53)43-41-39-37-35-33-31-29-27-25-23-21-19-17-15-13-11-9-7-5-2/h7,9,13,15,19,21,25,27,31,33,48,51H,4-6,8,10-12,14,16-18,20,22-24,26,28-30,32,34-47H2,1-3H3,(H,54,55)/b9-7-,15-13-,21-19-,27-25-,33-31-. The average molecular weight is 864 g/mol. The number of hydrogen-bond donors (Lipinski definition) is 2. The number of nitrogens with one attached hydrogen (secondary N) is 1. The molecule has 0 bridgehead atoms. The molecule has 0 aromatic rings. The van der Waals surface area contributed by atoms with E-state index in [-0.39, 0.29) is 32.0 Å². The smallest absolute Gasteiger partial charge is 0.462 e. The van der Waals surface area contributed by atoms with Crippen LogP contribution in [0.2, 0.25) is 0 Å². The number of rotatable bonds is 45. The fourth-order valence-electron chi connectivity index (χ4n) is 6.52. The number of unbranched alkanes of at least 4 members (excludes halogenated alkanes) is 21. The molecule has 0 aliphatic carbocycles. The molecule has 2 atom stereocenters. The largest absolute Gasteiger partial charge is 0.472 e. The fraction of sp³-hybridized carbons (Fsp3) is 0.760. The van der Waals surface area contributed by atoms with Crippen LogP contribution >= 0.6 is 7.82 Å². The Hall–Kier alpha value is -2.29. The van der Waals surface area contributed by atoms with Crippen LogP contribution < -0.4 is 5.32 Å². The lowest BCUT2D eigenvalue weighted by Gasteiger charge is -2.20. The molecule has 0 heterocycles. The van der Waals surface area contributed by atoms with Crippen LogP contribution in [0.15, 0.2) is 60.8 Å². The van der Waals surface area contributed by atoms with Crippen molar-refractivity contribution >= 4 is 19.8 Å². The molecule has 0 aliphatic rings. The number of esters is 2. The van der Waals surface area contributed by atoms with Gasteiger partial charge in [-0.15, -0.1) is 0 Å². The molecule has 0 saturated heterocycles. The lowest BCUT2D eigenvalue weighted by Crippen LogP contribution is -2.29. The van der Waals surface area contributed by atoms with E-state index in [0.717, 1.165) is 70.6 Å². The molecule has 9 nitrogen and oxygen atoms in total. The van der Waals surface area contributed by atoms with Crippen molar-refractivity contribution in [2.24, 2.45) is 0 Å². The van der Waals surface area contributed by atoms with Crippen molar-refractivity contribution in [3.63, 3.8) is 0 Å². The summed E-state index contributed by atoms with van der Waals surface area (Å²) in [6, 6.07) is 0. The number of carbonyl (C=O) groups is 2. The maximum atomic E-state index is 12.7. The molecule has 0 radical (unpaired) electrons. The van der Waals surface area contributed by atoms with Crippen LogP contribution in [-0.4, -0.2) is 56.3 Å². The van der Waals surface area contributed by atoms with Gasteiger partial charge in [-0.3, -0.25) is 18.6 Å². The average Bonchev–Trinajstić information content (AvgIpc) is 3.23. The first kappa shape index (κ1) is 57.7. The zero-order chi connectivity index (χ0) is 43.9. The van der Waals surface area contributed by atoms with Gasteiger partial charge in [-0.05, 0) is 64.8 Å². The van der Waals surface area contributed by atoms with Crippen LogP contribution in [0.3, 0.4) is 0 Å². The van der Waals surface area contributed by atoms with Crippen molar-refractivity contribution in [3.05, 3.63) is 60.8 Å². The van der Waals surface area contributed by atoms with Gasteiger partial charge in [0.1, 0.15) is 6.61 Å². The minimum Gasteiger partial charge on any atom is -0.462 e. The lowest BCUT2D eigenvalue weighted by atomic mass is 10.0. The second-order valence-electron chi connectivity index (χ2n) is 15.9. The molecule has 0 spiro atoms. The summed E-state index contributed by atoms with van der Waals surface area (Å²) in [5.41, 5.74) is 0. The molecule has 0 aliphatic heterocycles. The van der Waals surface area contributed by atoms with Gasteiger partial charge < -0.3 is 19.7 Å². The Morgan fingerprint density at radius 1 is 0.533 bits per heavy atom. The molecular formula is C50H90NO8P. The van der Waals surface area contributed by atoms with Gasteiger partial charge in [-0.1, -0.05) is 197 Å². The number of allylic oxidation sites excluding steroid dienone is 10. The Morgan fingerprint density at radius 2 is 0.950 bits per heavy atom. The SMILES string of the molecule is CC/C=C\C/C=C\C/C=C\C/C=C\C/C=C\CCCCCC(=O)OC(COC(=O)CCCCCCCCCCCCCCCCCCCCC)COP(=O)(O)OCCNC. The van der Waals surface area contributed by atoms with Crippen molar-refractivity contribution < 1.29 is 37.6 Å². The Balaban J connectivity index is 4.21. The van der Waals surface area contributed by atoms with Crippen LogP contribution in [0.1, 0.15) is 206 Å². The van der Waals surface area contributed by atoms with Crippen molar-refractivity contribution in [1.29, 1.82) is 0 Å². The van der Waals surface area contributed by atoms with Crippen molar-refractivity contribution in [2.75, 3.05) is 33.4 Å². The highest BCUT2D eigenvalue weighted by atomic mass is 31.2. The van der Waals surface area contributed by atoms with Crippen LogP contribution in [0, 0.1) is 0 Å². The predicted molar refractivity (Wildman–Crippen MR) is 252 cm³/mol. The van der Waals surface area contributed by atoms with Crippen molar-refractivity contribution in [1.82, 2.24) is 5.32 Å². The minimum atomic E-state index is -4.36. The van der Waals surface area contributed by atoms with E-state index in [0.29, 0.717) is 13.0 Å². The molecule has 0 aromatic carbocycles. The van der Waals surface area contributed by atoms with Crippen molar-refractivity contribution in [2.45, 2.75) is 213 Å². The third kappa shape index (κ3) is 45.2. The maximum Gasteiger partial charge on any atom is 0.472 e. The molecule has 10 heteroatoms. The summed E-state index contributed by atoms with van der Waals surface area (Å²) in [4.78, 5) is 35.2. The van der Waals surface area contributed by atoms with Gasteiger partial charge in [0, 0.05) is 19.4 Å². The summed E-state index contributed by atoms with van der Waals surface area (Å²) < 4.78 is 33.3. The quantitative estimate of drug-likeness (QED) is 0.0267. The summed E-state index contributed by atoms with van der Waals surface area (Å²) in [6.45, 7) is 4.09. The molecule has 0 rings (SSSR count). The molecule has 60 heavy (non-hydrogen) atoms. The van der Waals surface area contributed by atoms with E-state index in [4.69, 9.17) is 18.5 Å². The highest BCUT2D eigenvalue weighted by molar-refractivity contribution is 7.47. The zero-order valence-electron chi connectivity index (χ0n) is 38.6. The van der Waals surface area contributed by atoms with E-state index in [2.05, 4.69) is 79.9 Å². The second kappa shape index (κ2) is 46.2. The molecule has 0 aromatic heterocycles. The van der Waals surface area contributed by atoms with E-state index in [1.54, 1.807) is 7.05 Å². The Bertz CT molecular complexity index is 1170. The van der Waals surface area contributed by atoms with Gasteiger partial charge in [-0.25, -0.2) is 4.57 Å². The highest BCUT2D eigenvalue weighted by Crippen LogP contribution is 2.43. The molecule has 2 N–H and O–H groups in total. The normalized spacial score (nSPS) is 13.7. The summed E-state index contributed by atoms with van der Waals surface area (Å²) in [7, 11) is -2.67. The predicted octanol–water partition coefficient (Wildman–Crippen LogP) is 14.3. The van der Waals surface area contributed by atoms with Gasteiger partial charge in [-0.2, -0.15) is 0 Å². The first-order valence-electron chi connectivity index (χ1n) is 24.2. The van der Waals surface area contributed by atoms with Gasteiger partial charge in [0.2, 0.25) is 0 Å². The number of carbonyl (C=O) groups excluding carboxylic acids is 2. The van der Waals surface area contributed by atoms with E-state index < -0.39 is 26.5 Å². The zero-order valence-corrected chi connectivity index (χ0v) is 39.5. The molecule has 0 saturated carbocycles. The van der Waals surface area contributed by atoms with Crippen LogP contribution in [0.5, 0.6) is 0 Å². The lowest BCUT2D eigenvalue weighted by molar-refractivity contribution is -0.161. The fourth-order valence-corrected chi connectivity index (χ4v) is 7.27. The molecule has 2 unspecified atom stereocenters. The van der Waals surface area contributed by atoms with E-state index in [1.807, 2.05) is 0 Å². The summed E-state index contributed by atoms with van der Waals surface area (Å²) in [5, 5.41) is 2.82. The van der Waals surface area contributed by atoms with Gasteiger partial charge in [0.25, 0.3) is 0 Å². The third-order valence-electron chi connectivity index (χ3n) is 10.2. The summed E-state index contributed by atoms with van der Waals surface area (Å²) in [5.74, 6) is -0.840. The highest BCUT2D eigenvalue weighted by Gasteiger charge is 2.26. The third-order valence-corrected chi connectivity index (χ3v) is 11.1. The van der Waals surface area contributed by atoms with Gasteiger partial charge in [0.15, 0.2) is 6.10 Å². The monoisotopic (exact) mass is 864 g/mol. The molecular weight excluding hydrogens is 774 g/mol. The topological polar surface area (TPSA) is 120 Å². The number of likely N-dealkylation sites (N-methyl/N-ethyl adjacent to an activating group) is 1. The Morgan fingerprint density at radius 3 is 1.42 bits per heavy atom. The first-order valence-corrected chi connectivity index (χ1v) is 25.7. The van der Waals surface area contributed by atoms with E-state index >= 15 is 0 Å². The van der Waals surface area contributed by atoms with Gasteiger partial charge in [0.05, 0.1) is 13.2 Å². The van der Waals surface area contributed by atoms with Crippen LogP contribution in [0.4, 0.5) is 0 Å². The van der Waals surface area contributed by atoms with Crippen LogP contribution in [0.25, 0.3) is 0 Å². The number of ether oxygens (including phenoxy) is 2. The van der Waals surface area contributed by atoms with E-state index in [1.165, 1.54) is 103 Å². The minimum absolute atomic E-state index is 0.0250. The molecule has 0 fully saturated rings. The number of phosphoric ester groups is 1. The van der Waals surface area contributed by atoms with Gasteiger partial charge >= 0.3 is 19.8 Å². The number of phosphoric acid groups is 1. The van der Waals surface area contributed by atoms with Crippen LogP contribution in [-0.2, 0) is 32.7 Å². The number of hydrogen-bond acceptors (Lipinski definition) is 8. The first-order chi connectivity index (χ1) is 29.3. The summed E-state index contributed by atoms with van der Waals surface area (Å²) in [6.07, 6.45) is 54.1. The Kier molecular flexibility index (Phi) is 44.5. The Labute approximate surface area is 368 Å². The molecule has 348 valence electrons.